The summed E-state index contributed by atoms with van der Waals surface area (Å²) in [6, 6.07) is 5.72. The van der Waals surface area contributed by atoms with Crippen molar-refractivity contribution in [1.29, 1.82) is 0 Å². The van der Waals surface area contributed by atoms with Crippen LogP contribution < -0.4 is 4.74 Å². The number of hydrogen-bond donors (Lipinski definition) is 0. The summed E-state index contributed by atoms with van der Waals surface area (Å²) >= 11 is 5.87. The molecule has 1 aliphatic rings. The number of fused-ring (bicyclic) bond motifs is 1. The van der Waals surface area contributed by atoms with Crippen molar-refractivity contribution in [3.63, 3.8) is 0 Å². The van der Waals surface area contributed by atoms with Crippen LogP contribution in [-0.2, 0) is 0 Å². The smallest absolute Gasteiger partial charge is 0.123 e. The van der Waals surface area contributed by atoms with Gasteiger partial charge < -0.3 is 4.74 Å². The second-order valence-electron chi connectivity index (χ2n) is 3.95. The van der Waals surface area contributed by atoms with Crippen LogP contribution in [0.15, 0.2) is 18.2 Å². The maximum Gasteiger partial charge on any atom is 0.123 e. The first-order valence-corrected chi connectivity index (χ1v) is 4.76. The topological polar surface area (TPSA) is 9.23 Å². The Bertz CT molecular complexity index is 331. The standard InChI is InChI=1S/C11H12ClO/c1-11(2)6-5-8-7-9(12)3-4-10(8)13-11/h3-5,7H,6H2,1-2H3. The molecule has 1 heterocycles. The Morgan fingerprint density at radius 1 is 1.38 bits per heavy atom. The van der Waals surface area contributed by atoms with Crippen LogP contribution in [0.1, 0.15) is 25.8 Å². The van der Waals surface area contributed by atoms with Crippen LogP contribution in [-0.4, -0.2) is 5.60 Å². The second kappa shape index (κ2) is 2.91. The molecule has 1 nitrogen and oxygen atoms in total. The van der Waals surface area contributed by atoms with Gasteiger partial charge in [-0.15, -0.1) is 0 Å². The molecule has 69 valence electrons. The number of benzene rings is 1. The van der Waals surface area contributed by atoms with Gasteiger partial charge in [-0.3, -0.25) is 0 Å². The van der Waals surface area contributed by atoms with Crippen molar-refractivity contribution in [1.82, 2.24) is 0 Å². The van der Waals surface area contributed by atoms with Gasteiger partial charge in [0.2, 0.25) is 0 Å². The number of rotatable bonds is 0. The largest absolute Gasteiger partial charge is 0.488 e. The molecular weight excluding hydrogens is 184 g/mol. The van der Waals surface area contributed by atoms with Crippen LogP contribution in [0.3, 0.4) is 0 Å². The highest BCUT2D eigenvalue weighted by Gasteiger charge is 2.26. The third kappa shape index (κ3) is 1.80. The Morgan fingerprint density at radius 3 is 2.92 bits per heavy atom. The Kier molecular flexibility index (Phi) is 1.99. The van der Waals surface area contributed by atoms with E-state index in [4.69, 9.17) is 16.3 Å². The van der Waals surface area contributed by atoms with E-state index in [1.807, 2.05) is 18.2 Å². The van der Waals surface area contributed by atoms with Gasteiger partial charge in [-0.25, -0.2) is 0 Å². The Balaban J connectivity index is 2.37. The average Bonchev–Trinajstić information content (AvgIpc) is 2.05. The van der Waals surface area contributed by atoms with E-state index in [0.717, 1.165) is 22.8 Å². The van der Waals surface area contributed by atoms with Gasteiger partial charge in [0.25, 0.3) is 0 Å². The van der Waals surface area contributed by atoms with Crippen LogP contribution >= 0.6 is 11.6 Å². The molecule has 1 aromatic carbocycles. The van der Waals surface area contributed by atoms with Crippen molar-refractivity contribution in [2.75, 3.05) is 0 Å². The van der Waals surface area contributed by atoms with Gasteiger partial charge in [0.1, 0.15) is 11.4 Å². The summed E-state index contributed by atoms with van der Waals surface area (Å²) in [7, 11) is 0. The van der Waals surface area contributed by atoms with Gasteiger partial charge in [-0.2, -0.15) is 0 Å². The van der Waals surface area contributed by atoms with Crippen molar-refractivity contribution in [2.45, 2.75) is 25.9 Å². The highest BCUT2D eigenvalue weighted by atomic mass is 35.5. The number of halogens is 1. The van der Waals surface area contributed by atoms with Gasteiger partial charge in [0.05, 0.1) is 0 Å². The highest BCUT2D eigenvalue weighted by Crippen LogP contribution is 2.35. The molecule has 1 radical (unpaired) electrons. The van der Waals surface area contributed by atoms with Crippen LogP contribution in [0.25, 0.3) is 0 Å². The van der Waals surface area contributed by atoms with E-state index in [-0.39, 0.29) is 5.60 Å². The molecule has 0 amide bonds. The summed E-state index contributed by atoms with van der Waals surface area (Å²) in [6.45, 7) is 4.17. The van der Waals surface area contributed by atoms with Crippen LogP contribution in [0.5, 0.6) is 5.75 Å². The van der Waals surface area contributed by atoms with Gasteiger partial charge in [0, 0.05) is 5.02 Å². The molecule has 0 saturated heterocycles. The lowest BCUT2D eigenvalue weighted by molar-refractivity contribution is 0.0988. The van der Waals surface area contributed by atoms with Crippen molar-refractivity contribution in [3.8, 4) is 5.75 Å². The lowest BCUT2D eigenvalue weighted by atomic mass is 9.94. The zero-order valence-electron chi connectivity index (χ0n) is 7.80. The molecule has 0 atom stereocenters. The molecule has 0 aliphatic carbocycles. The fraction of sp³-hybridized carbons (Fsp3) is 0.364. The maximum absolute atomic E-state index is 5.87. The van der Waals surface area contributed by atoms with Gasteiger partial charge >= 0.3 is 0 Å². The van der Waals surface area contributed by atoms with Gasteiger partial charge in [-0.1, -0.05) is 11.6 Å². The van der Waals surface area contributed by atoms with E-state index in [1.165, 1.54) is 0 Å². The summed E-state index contributed by atoms with van der Waals surface area (Å²) in [6.07, 6.45) is 3.10. The average molecular weight is 196 g/mol. The fourth-order valence-corrected chi connectivity index (χ4v) is 1.65. The van der Waals surface area contributed by atoms with Crippen LogP contribution in [0, 0.1) is 6.42 Å². The van der Waals surface area contributed by atoms with Gasteiger partial charge in [-0.05, 0) is 50.5 Å². The molecule has 1 aromatic rings. The molecule has 0 N–H and O–H groups in total. The molecule has 0 aromatic heterocycles. The lowest BCUT2D eigenvalue weighted by Crippen LogP contribution is -2.31. The molecule has 0 spiro atoms. The number of hydrogen-bond acceptors (Lipinski definition) is 1. The first-order valence-electron chi connectivity index (χ1n) is 4.39. The van der Waals surface area contributed by atoms with Crippen molar-refractivity contribution < 1.29 is 4.74 Å². The Labute approximate surface area is 83.7 Å². The summed E-state index contributed by atoms with van der Waals surface area (Å²) in [4.78, 5) is 0. The predicted molar refractivity (Wildman–Crippen MR) is 54.2 cm³/mol. The minimum atomic E-state index is -0.0825. The zero-order valence-corrected chi connectivity index (χ0v) is 8.56. The normalized spacial score (nSPS) is 19.0. The predicted octanol–water partition coefficient (Wildman–Crippen LogP) is 3.45. The third-order valence-corrected chi connectivity index (χ3v) is 2.41. The molecule has 13 heavy (non-hydrogen) atoms. The molecular formula is C11H12ClO. The summed E-state index contributed by atoms with van der Waals surface area (Å²) < 4.78 is 5.78. The highest BCUT2D eigenvalue weighted by molar-refractivity contribution is 6.30. The minimum absolute atomic E-state index is 0.0825. The van der Waals surface area contributed by atoms with Crippen molar-refractivity contribution in [3.05, 3.63) is 35.2 Å². The van der Waals surface area contributed by atoms with E-state index >= 15 is 0 Å². The molecule has 0 bridgehead atoms. The Morgan fingerprint density at radius 2 is 2.15 bits per heavy atom. The fourth-order valence-electron chi connectivity index (χ4n) is 1.47. The maximum atomic E-state index is 5.87. The first-order chi connectivity index (χ1) is 6.07. The molecule has 1 aliphatic heterocycles. The second-order valence-corrected chi connectivity index (χ2v) is 4.39. The van der Waals surface area contributed by atoms with E-state index in [2.05, 4.69) is 20.3 Å². The van der Waals surface area contributed by atoms with Crippen molar-refractivity contribution in [2.24, 2.45) is 0 Å². The minimum Gasteiger partial charge on any atom is -0.488 e. The van der Waals surface area contributed by atoms with Crippen LogP contribution in [0.2, 0.25) is 5.02 Å². The number of ether oxygens (including phenoxy) is 1. The van der Waals surface area contributed by atoms with Crippen molar-refractivity contribution >= 4 is 11.6 Å². The molecule has 2 heteroatoms. The summed E-state index contributed by atoms with van der Waals surface area (Å²) in [5.41, 5.74) is 1.02. The quantitative estimate of drug-likeness (QED) is 0.616. The monoisotopic (exact) mass is 195 g/mol. The Hall–Kier alpha value is -0.690. The van der Waals surface area contributed by atoms with Crippen LogP contribution in [0.4, 0.5) is 0 Å². The summed E-state index contributed by atoms with van der Waals surface area (Å²) in [5, 5.41) is 0.762. The molecule has 2 rings (SSSR count). The van der Waals surface area contributed by atoms with E-state index in [1.54, 1.807) is 0 Å². The van der Waals surface area contributed by atoms with E-state index in [0.29, 0.717) is 0 Å². The molecule has 0 unspecified atom stereocenters. The zero-order chi connectivity index (χ0) is 9.47. The molecule has 0 saturated carbocycles. The summed E-state index contributed by atoms with van der Waals surface area (Å²) in [5.74, 6) is 0.931. The van der Waals surface area contributed by atoms with E-state index < -0.39 is 0 Å². The van der Waals surface area contributed by atoms with E-state index in [9.17, 15) is 0 Å². The third-order valence-electron chi connectivity index (χ3n) is 2.17. The SMILES string of the molecule is CC1(C)C[CH]c2cc(Cl)ccc2O1. The molecule has 0 fully saturated rings. The first kappa shape index (κ1) is 8.89. The van der Waals surface area contributed by atoms with Gasteiger partial charge in [0.15, 0.2) is 0 Å². The lowest BCUT2D eigenvalue weighted by Gasteiger charge is -2.32.